The predicted octanol–water partition coefficient (Wildman–Crippen LogP) is -0.211. The smallest absolute Gasteiger partial charge is 0.251 e. The number of anilines is 1. The summed E-state index contributed by atoms with van der Waals surface area (Å²) in [4.78, 5) is 12.4. The molecule has 0 spiro atoms. The molecule has 28 heavy (non-hydrogen) atoms. The standard InChI is InChI=1S/C17H25N3O6S2/c1-13-11-15-12-14(3-4-16(15)20(13)27(2,22)23)17(21)18-5-10-28(24,25)19-6-8-26-9-7-19/h3-4,12-13H,5-11H2,1-2H3,(H,18,21). The molecule has 0 bridgehead atoms. The van der Waals surface area contributed by atoms with Gasteiger partial charge in [0.1, 0.15) is 0 Å². The summed E-state index contributed by atoms with van der Waals surface area (Å²) < 4.78 is 56.4. The highest BCUT2D eigenvalue weighted by atomic mass is 32.2. The first-order valence-electron chi connectivity index (χ1n) is 9.06. The summed E-state index contributed by atoms with van der Waals surface area (Å²) in [5.74, 6) is -0.562. The van der Waals surface area contributed by atoms with Crippen LogP contribution in [-0.2, 0) is 31.2 Å². The van der Waals surface area contributed by atoms with Crippen LogP contribution in [-0.4, -0.2) is 77.9 Å². The molecule has 1 aromatic rings. The molecule has 0 aliphatic carbocycles. The molecule has 2 aliphatic rings. The lowest BCUT2D eigenvalue weighted by Gasteiger charge is -2.26. The second-order valence-electron chi connectivity index (χ2n) is 7.04. The number of fused-ring (bicyclic) bond motifs is 1. The Morgan fingerprint density at radius 2 is 1.89 bits per heavy atom. The molecule has 1 N–H and O–H groups in total. The number of carbonyl (C=O) groups is 1. The number of morpholine rings is 1. The van der Waals surface area contributed by atoms with E-state index in [0.717, 1.165) is 11.8 Å². The molecule has 1 aromatic carbocycles. The lowest BCUT2D eigenvalue weighted by molar-refractivity contribution is 0.0730. The number of hydrogen-bond acceptors (Lipinski definition) is 6. The fourth-order valence-corrected chi connectivity index (χ4v) is 6.19. The molecule has 0 aromatic heterocycles. The monoisotopic (exact) mass is 431 g/mol. The first-order valence-corrected chi connectivity index (χ1v) is 12.5. The van der Waals surface area contributed by atoms with Crippen LogP contribution >= 0.6 is 0 Å². The highest BCUT2D eigenvalue weighted by Crippen LogP contribution is 2.34. The molecule has 156 valence electrons. The Balaban J connectivity index is 1.62. The molecule has 1 saturated heterocycles. The average molecular weight is 432 g/mol. The summed E-state index contributed by atoms with van der Waals surface area (Å²) in [5.41, 5.74) is 1.75. The van der Waals surface area contributed by atoms with Gasteiger partial charge in [-0.25, -0.2) is 16.8 Å². The third-order valence-electron chi connectivity index (χ3n) is 4.86. The van der Waals surface area contributed by atoms with Gasteiger partial charge in [0, 0.05) is 31.2 Å². The normalized spacial score (nSPS) is 20.8. The maximum absolute atomic E-state index is 12.4. The van der Waals surface area contributed by atoms with Crippen LogP contribution < -0.4 is 9.62 Å². The molecular formula is C17H25N3O6S2. The van der Waals surface area contributed by atoms with E-state index in [1.165, 1.54) is 8.61 Å². The SMILES string of the molecule is CC1Cc2cc(C(=O)NCCS(=O)(=O)N3CCOCC3)ccc2N1S(C)(=O)=O. The van der Waals surface area contributed by atoms with Gasteiger partial charge in [0.25, 0.3) is 5.91 Å². The van der Waals surface area contributed by atoms with Crippen molar-refractivity contribution >= 4 is 31.6 Å². The summed E-state index contributed by atoms with van der Waals surface area (Å²) >= 11 is 0. The molecule has 1 amide bonds. The van der Waals surface area contributed by atoms with E-state index >= 15 is 0 Å². The van der Waals surface area contributed by atoms with Crippen molar-refractivity contribution in [1.82, 2.24) is 9.62 Å². The van der Waals surface area contributed by atoms with Gasteiger partial charge in [-0.1, -0.05) is 0 Å². The Morgan fingerprint density at radius 3 is 2.54 bits per heavy atom. The molecule has 2 aliphatic heterocycles. The highest BCUT2D eigenvalue weighted by molar-refractivity contribution is 7.92. The number of hydrogen-bond donors (Lipinski definition) is 1. The Labute approximate surface area is 165 Å². The molecule has 1 fully saturated rings. The van der Waals surface area contributed by atoms with Crippen LogP contribution in [0.4, 0.5) is 5.69 Å². The number of carbonyl (C=O) groups excluding carboxylic acids is 1. The number of amides is 1. The Kier molecular flexibility index (Phi) is 5.99. The number of rotatable bonds is 6. The molecule has 2 heterocycles. The van der Waals surface area contributed by atoms with Crippen molar-refractivity contribution in [3.8, 4) is 0 Å². The lowest BCUT2D eigenvalue weighted by atomic mass is 10.1. The first kappa shape index (κ1) is 21.0. The summed E-state index contributed by atoms with van der Waals surface area (Å²) in [5, 5.41) is 2.63. The van der Waals surface area contributed by atoms with Crippen molar-refractivity contribution in [2.24, 2.45) is 0 Å². The van der Waals surface area contributed by atoms with E-state index in [-0.39, 0.29) is 24.2 Å². The lowest BCUT2D eigenvalue weighted by Crippen LogP contribution is -2.43. The minimum atomic E-state index is -3.44. The van der Waals surface area contributed by atoms with Crippen LogP contribution in [0, 0.1) is 0 Å². The molecule has 0 radical (unpaired) electrons. The van der Waals surface area contributed by atoms with Gasteiger partial charge in [-0.3, -0.25) is 9.10 Å². The largest absolute Gasteiger partial charge is 0.379 e. The maximum Gasteiger partial charge on any atom is 0.251 e. The fraction of sp³-hybridized carbons (Fsp3) is 0.588. The summed E-state index contributed by atoms with van der Waals surface area (Å²) in [6, 6.07) is 4.64. The van der Waals surface area contributed by atoms with Gasteiger partial charge in [0.05, 0.1) is 30.9 Å². The predicted molar refractivity (Wildman–Crippen MR) is 105 cm³/mol. The number of benzene rings is 1. The number of nitrogens with one attached hydrogen (secondary N) is 1. The van der Waals surface area contributed by atoms with Gasteiger partial charge < -0.3 is 10.1 Å². The van der Waals surface area contributed by atoms with E-state index in [0.29, 0.717) is 44.0 Å². The van der Waals surface area contributed by atoms with Crippen molar-refractivity contribution in [3.05, 3.63) is 29.3 Å². The Bertz CT molecular complexity index is 955. The minimum Gasteiger partial charge on any atom is -0.379 e. The van der Waals surface area contributed by atoms with Crippen LogP contribution in [0.5, 0.6) is 0 Å². The van der Waals surface area contributed by atoms with Crippen molar-refractivity contribution < 1.29 is 26.4 Å². The molecule has 11 heteroatoms. The van der Waals surface area contributed by atoms with E-state index in [1.807, 2.05) is 6.92 Å². The fourth-order valence-electron chi connectivity index (χ4n) is 3.60. The third kappa shape index (κ3) is 4.48. The number of ether oxygens (including phenoxy) is 1. The van der Waals surface area contributed by atoms with E-state index < -0.39 is 20.0 Å². The van der Waals surface area contributed by atoms with E-state index in [9.17, 15) is 21.6 Å². The van der Waals surface area contributed by atoms with Crippen molar-refractivity contribution in [2.45, 2.75) is 19.4 Å². The van der Waals surface area contributed by atoms with Gasteiger partial charge in [-0.15, -0.1) is 0 Å². The molecular weight excluding hydrogens is 406 g/mol. The van der Waals surface area contributed by atoms with Crippen LogP contribution in [0.25, 0.3) is 0 Å². The second-order valence-corrected chi connectivity index (χ2v) is 11.0. The summed E-state index contributed by atoms with van der Waals surface area (Å²) in [6.45, 7) is 3.23. The topological polar surface area (TPSA) is 113 Å². The molecule has 9 nitrogen and oxygen atoms in total. The number of nitrogens with zero attached hydrogens (tertiary/aromatic N) is 2. The molecule has 3 rings (SSSR count). The van der Waals surface area contributed by atoms with Crippen LogP contribution in [0.3, 0.4) is 0 Å². The van der Waals surface area contributed by atoms with E-state index in [2.05, 4.69) is 5.32 Å². The average Bonchev–Trinajstić information content (AvgIpc) is 2.97. The van der Waals surface area contributed by atoms with E-state index in [1.54, 1.807) is 18.2 Å². The zero-order valence-corrected chi connectivity index (χ0v) is 17.6. The zero-order valence-electron chi connectivity index (χ0n) is 15.9. The molecule has 1 unspecified atom stereocenters. The zero-order chi connectivity index (χ0) is 20.5. The van der Waals surface area contributed by atoms with Crippen LogP contribution in [0.2, 0.25) is 0 Å². The molecule has 1 atom stereocenters. The number of sulfonamides is 2. The Hall–Kier alpha value is -1.69. The first-order chi connectivity index (χ1) is 13.1. The van der Waals surface area contributed by atoms with E-state index in [4.69, 9.17) is 4.74 Å². The summed E-state index contributed by atoms with van der Waals surface area (Å²) in [6.07, 6.45) is 1.68. The van der Waals surface area contributed by atoms with Crippen LogP contribution in [0.15, 0.2) is 18.2 Å². The molecule has 0 saturated carbocycles. The Morgan fingerprint density at radius 1 is 1.21 bits per heavy atom. The second kappa shape index (κ2) is 7.97. The van der Waals surface area contributed by atoms with Gasteiger partial charge in [-0.05, 0) is 37.1 Å². The van der Waals surface area contributed by atoms with Gasteiger partial charge >= 0.3 is 0 Å². The highest BCUT2D eigenvalue weighted by Gasteiger charge is 2.32. The quantitative estimate of drug-likeness (QED) is 0.667. The van der Waals surface area contributed by atoms with Crippen molar-refractivity contribution in [1.29, 1.82) is 0 Å². The summed E-state index contributed by atoms with van der Waals surface area (Å²) in [7, 11) is -6.82. The van der Waals surface area contributed by atoms with Crippen molar-refractivity contribution in [2.75, 3.05) is 49.2 Å². The third-order valence-corrected chi connectivity index (χ3v) is 8.00. The van der Waals surface area contributed by atoms with Crippen molar-refractivity contribution in [3.63, 3.8) is 0 Å². The van der Waals surface area contributed by atoms with Gasteiger partial charge in [0.2, 0.25) is 20.0 Å². The minimum absolute atomic E-state index is 0.00146. The van der Waals surface area contributed by atoms with Gasteiger partial charge in [0.15, 0.2) is 0 Å². The maximum atomic E-state index is 12.4. The van der Waals surface area contributed by atoms with Crippen LogP contribution in [0.1, 0.15) is 22.8 Å². The van der Waals surface area contributed by atoms with Gasteiger partial charge in [-0.2, -0.15) is 4.31 Å².